The number of anilines is 1. The molecule has 0 saturated carbocycles. The van der Waals surface area contributed by atoms with Crippen LogP contribution in [-0.2, 0) is 0 Å². The van der Waals surface area contributed by atoms with Gasteiger partial charge in [-0.05, 0) is 24.3 Å². The van der Waals surface area contributed by atoms with Crippen molar-refractivity contribution in [3.05, 3.63) is 64.7 Å². The standard InChI is InChI=1S/C15H11ClN2O/c16-10-5-7-11(8-6-10)17-18-14-9-15(19)13-4-2-1-3-12(13)14/h1-8,17H,9H2/b18-14-. The summed E-state index contributed by atoms with van der Waals surface area (Å²) in [5, 5.41) is 5.00. The van der Waals surface area contributed by atoms with E-state index in [2.05, 4.69) is 10.5 Å². The average molecular weight is 271 g/mol. The number of rotatable bonds is 2. The van der Waals surface area contributed by atoms with Gasteiger partial charge in [-0.2, -0.15) is 5.10 Å². The highest BCUT2D eigenvalue weighted by Crippen LogP contribution is 2.22. The number of hydrogen-bond acceptors (Lipinski definition) is 3. The van der Waals surface area contributed by atoms with Gasteiger partial charge in [0.15, 0.2) is 5.78 Å². The lowest BCUT2D eigenvalue weighted by atomic mass is 10.1. The van der Waals surface area contributed by atoms with E-state index in [1.54, 1.807) is 12.1 Å². The van der Waals surface area contributed by atoms with Gasteiger partial charge in [0.25, 0.3) is 0 Å². The lowest BCUT2D eigenvalue weighted by molar-refractivity contribution is 0.101. The molecule has 0 bridgehead atoms. The van der Waals surface area contributed by atoms with Crippen molar-refractivity contribution in [3.8, 4) is 0 Å². The first-order chi connectivity index (χ1) is 9.24. The van der Waals surface area contributed by atoms with Gasteiger partial charge in [0.05, 0.1) is 17.8 Å². The highest BCUT2D eigenvalue weighted by molar-refractivity contribution is 6.30. The van der Waals surface area contributed by atoms with E-state index in [1.807, 2.05) is 36.4 Å². The molecule has 0 amide bonds. The molecule has 0 atom stereocenters. The third kappa shape index (κ3) is 2.37. The van der Waals surface area contributed by atoms with Gasteiger partial charge in [-0.25, -0.2) is 0 Å². The van der Waals surface area contributed by atoms with Gasteiger partial charge in [-0.15, -0.1) is 0 Å². The van der Waals surface area contributed by atoms with Gasteiger partial charge < -0.3 is 0 Å². The Morgan fingerprint density at radius 3 is 2.42 bits per heavy atom. The molecule has 0 aliphatic heterocycles. The average Bonchev–Trinajstić information content (AvgIpc) is 2.76. The summed E-state index contributed by atoms with van der Waals surface area (Å²) >= 11 is 5.82. The van der Waals surface area contributed by atoms with Crippen LogP contribution in [0, 0.1) is 0 Å². The summed E-state index contributed by atoms with van der Waals surface area (Å²) in [6.07, 6.45) is 0.347. The summed E-state index contributed by atoms with van der Waals surface area (Å²) in [5.74, 6) is 0.118. The molecular weight excluding hydrogens is 260 g/mol. The normalized spacial score (nSPS) is 15.6. The second kappa shape index (κ2) is 4.86. The number of halogens is 1. The quantitative estimate of drug-likeness (QED) is 0.845. The molecule has 0 saturated heterocycles. The number of ketones is 1. The van der Waals surface area contributed by atoms with Crippen LogP contribution in [0.3, 0.4) is 0 Å². The molecule has 1 aliphatic carbocycles. The Hall–Kier alpha value is -2.13. The maximum atomic E-state index is 11.8. The van der Waals surface area contributed by atoms with Gasteiger partial charge in [0.1, 0.15) is 0 Å². The van der Waals surface area contributed by atoms with Crippen molar-refractivity contribution in [2.24, 2.45) is 5.10 Å². The summed E-state index contributed by atoms with van der Waals surface area (Å²) in [6.45, 7) is 0. The monoisotopic (exact) mass is 270 g/mol. The van der Waals surface area contributed by atoms with Crippen molar-refractivity contribution in [1.82, 2.24) is 0 Å². The second-order valence-corrected chi connectivity index (χ2v) is 4.76. The van der Waals surface area contributed by atoms with Crippen molar-refractivity contribution >= 4 is 28.8 Å². The Kier molecular flexibility index (Phi) is 3.05. The number of carbonyl (C=O) groups is 1. The molecule has 2 aromatic rings. The first-order valence-corrected chi connectivity index (χ1v) is 6.32. The predicted molar refractivity (Wildman–Crippen MR) is 77.0 cm³/mol. The van der Waals surface area contributed by atoms with E-state index in [-0.39, 0.29) is 5.78 Å². The molecule has 0 fully saturated rings. The third-order valence-corrected chi connectivity index (χ3v) is 3.28. The van der Waals surface area contributed by atoms with Crippen molar-refractivity contribution < 1.29 is 4.79 Å². The molecule has 0 radical (unpaired) electrons. The lowest BCUT2D eigenvalue weighted by Gasteiger charge is -2.02. The number of benzene rings is 2. The lowest BCUT2D eigenvalue weighted by Crippen LogP contribution is -2.00. The summed E-state index contributed by atoms with van der Waals surface area (Å²) in [4.78, 5) is 11.8. The number of hydrazone groups is 1. The van der Waals surface area contributed by atoms with Crippen LogP contribution in [0.15, 0.2) is 53.6 Å². The van der Waals surface area contributed by atoms with E-state index in [1.165, 1.54) is 0 Å². The molecule has 94 valence electrons. The van der Waals surface area contributed by atoms with Crippen LogP contribution in [0.4, 0.5) is 5.69 Å². The van der Waals surface area contributed by atoms with Crippen LogP contribution < -0.4 is 5.43 Å². The molecule has 1 aliphatic rings. The van der Waals surface area contributed by atoms with E-state index in [0.717, 1.165) is 22.5 Å². The smallest absolute Gasteiger partial charge is 0.169 e. The number of hydrogen-bond donors (Lipinski definition) is 1. The predicted octanol–water partition coefficient (Wildman–Crippen LogP) is 3.74. The Morgan fingerprint density at radius 1 is 1.00 bits per heavy atom. The van der Waals surface area contributed by atoms with Crippen LogP contribution >= 0.6 is 11.6 Å². The molecule has 0 aromatic heterocycles. The Balaban J connectivity index is 1.86. The van der Waals surface area contributed by atoms with Crippen LogP contribution in [-0.4, -0.2) is 11.5 Å². The van der Waals surface area contributed by atoms with Crippen molar-refractivity contribution in [2.75, 3.05) is 5.43 Å². The fraction of sp³-hybridized carbons (Fsp3) is 0.0667. The molecule has 3 nitrogen and oxygen atoms in total. The SMILES string of the molecule is O=C1C/C(=N/Nc2ccc(Cl)cc2)c2ccccc21. The Morgan fingerprint density at radius 2 is 1.68 bits per heavy atom. The highest BCUT2D eigenvalue weighted by atomic mass is 35.5. The van der Waals surface area contributed by atoms with Gasteiger partial charge in [-0.1, -0.05) is 35.9 Å². The van der Waals surface area contributed by atoms with E-state index in [4.69, 9.17) is 11.6 Å². The number of fused-ring (bicyclic) bond motifs is 1. The fourth-order valence-electron chi connectivity index (χ4n) is 2.08. The molecular formula is C15H11ClN2O. The van der Waals surface area contributed by atoms with Crippen molar-refractivity contribution in [1.29, 1.82) is 0 Å². The van der Waals surface area contributed by atoms with E-state index in [9.17, 15) is 4.79 Å². The topological polar surface area (TPSA) is 41.5 Å². The van der Waals surface area contributed by atoms with Crippen LogP contribution in [0.25, 0.3) is 0 Å². The molecule has 2 aromatic carbocycles. The Labute approximate surface area is 115 Å². The number of Topliss-reactive ketones (excluding diaryl/α,β-unsaturated/α-hetero) is 1. The fourth-order valence-corrected chi connectivity index (χ4v) is 2.20. The van der Waals surface area contributed by atoms with Crippen molar-refractivity contribution in [3.63, 3.8) is 0 Å². The zero-order chi connectivity index (χ0) is 13.2. The molecule has 19 heavy (non-hydrogen) atoms. The summed E-state index contributed by atoms with van der Waals surface area (Å²) in [6, 6.07) is 14.8. The highest BCUT2D eigenvalue weighted by Gasteiger charge is 2.24. The minimum Gasteiger partial charge on any atom is -0.294 e. The molecule has 1 N–H and O–H groups in total. The summed E-state index contributed by atoms with van der Waals surface area (Å²) in [5.41, 5.74) is 6.23. The molecule has 3 rings (SSSR count). The first-order valence-electron chi connectivity index (χ1n) is 5.95. The molecule has 0 heterocycles. The summed E-state index contributed by atoms with van der Waals surface area (Å²) in [7, 11) is 0. The van der Waals surface area contributed by atoms with E-state index >= 15 is 0 Å². The molecule has 0 unspecified atom stereocenters. The minimum atomic E-state index is 0.118. The largest absolute Gasteiger partial charge is 0.294 e. The maximum Gasteiger partial charge on any atom is 0.169 e. The maximum absolute atomic E-state index is 11.8. The zero-order valence-electron chi connectivity index (χ0n) is 10.1. The van der Waals surface area contributed by atoms with E-state index < -0.39 is 0 Å². The second-order valence-electron chi connectivity index (χ2n) is 4.32. The van der Waals surface area contributed by atoms with E-state index in [0.29, 0.717) is 11.4 Å². The summed E-state index contributed by atoms with van der Waals surface area (Å²) < 4.78 is 0. The zero-order valence-corrected chi connectivity index (χ0v) is 10.8. The molecule has 4 heteroatoms. The van der Waals surface area contributed by atoms with Crippen LogP contribution in [0.1, 0.15) is 22.3 Å². The Bertz CT molecular complexity index is 662. The minimum absolute atomic E-state index is 0.118. The first kappa shape index (κ1) is 11.9. The van der Waals surface area contributed by atoms with Gasteiger partial charge in [0.2, 0.25) is 0 Å². The van der Waals surface area contributed by atoms with Crippen LogP contribution in [0.2, 0.25) is 5.02 Å². The third-order valence-electron chi connectivity index (χ3n) is 3.03. The van der Waals surface area contributed by atoms with Gasteiger partial charge in [-0.3, -0.25) is 10.2 Å². The van der Waals surface area contributed by atoms with Gasteiger partial charge >= 0.3 is 0 Å². The van der Waals surface area contributed by atoms with Gasteiger partial charge in [0, 0.05) is 16.1 Å². The van der Waals surface area contributed by atoms with Crippen molar-refractivity contribution in [2.45, 2.75) is 6.42 Å². The molecule has 0 spiro atoms. The number of nitrogens with one attached hydrogen (secondary N) is 1. The number of carbonyl (C=O) groups excluding carboxylic acids is 1. The van der Waals surface area contributed by atoms with Crippen LogP contribution in [0.5, 0.6) is 0 Å². The number of nitrogens with zero attached hydrogens (tertiary/aromatic N) is 1.